The number of benzene rings is 1. The van der Waals surface area contributed by atoms with Crippen molar-refractivity contribution in [3.8, 4) is 5.75 Å². The van der Waals surface area contributed by atoms with E-state index in [1.807, 2.05) is 19.9 Å². The minimum atomic E-state index is -0.107. The van der Waals surface area contributed by atoms with Gasteiger partial charge in [0, 0.05) is 37.5 Å². The Morgan fingerprint density at radius 2 is 2.21 bits per heavy atom. The van der Waals surface area contributed by atoms with Gasteiger partial charge in [0.05, 0.1) is 30.7 Å². The summed E-state index contributed by atoms with van der Waals surface area (Å²) in [5.41, 5.74) is 7.93. The molecule has 1 fully saturated rings. The average Bonchev–Trinajstić information content (AvgIpc) is 2.69. The van der Waals surface area contributed by atoms with Crippen molar-refractivity contribution in [2.75, 3.05) is 44.0 Å². The first-order valence-electron chi connectivity index (χ1n) is 9.31. The zero-order valence-electron chi connectivity index (χ0n) is 16.5. The molecule has 2 aromatic rings. The maximum atomic E-state index is 8.63. The number of anilines is 2. The second kappa shape index (κ2) is 8.99. The minimum absolute atomic E-state index is 0.107. The van der Waals surface area contributed by atoms with Crippen LogP contribution in [-0.4, -0.2) is 61.3 Å². The van der Waals surface area contributed by atoms with E-state index in [9.17, 15) is 0 Å². The number of hydrogen-bond donors (Lipinski definition) is 2. The Bertz CT molecular complexity index is 829. The van der Waals surface area contributed by atoms with Crippen LogP contribution in [0.15, 0.2) is 30.6 Å². The molecule has 150 valence electrons. The fourth-order valence-electron chi connectivity index (χ4n) is 3.15. The number of nitrogen functional groups attached to an aromatic ring is 1. The summed E-state index contributed by atoms with van der Waals surface area (Å²) in [7, 11) is 1.63. The highest BCUT2D eigenvalue weighted by Crippen LogP contribution is 2.24. The van der Waals surface area contributed by atoms with Crippen LogP contribution in [0.4, 0.5) is 11.5 Å². The molecule has 0 saturated carbocycles. The Balaban J connectivity index is 1.82. The lowest BCUT2D eigenvalue weighted by atomic mass is 10.0. The lowest BCUT2D eigenvalue weighted by Gasteiger charge is -2.32. The van der Waals surface area contributed by atoms with E-state index in [2.05, 4.69) is 14.9 Å². The lowest BCUT2D eigenvalue weighted by molar-refractivity contribution is 0.0529. The van der Waals surface area contributed by atoms with Crippen LogP contribution in [0.3, 0.4) is 0 Å². The van der Waals surface area contributed by atoms with Crippen molar-refractivity contribution in [2.24, 2.45) is 0 Å². The largest absolute Gasteiger partial charge is 0.488 e. The summed E-state index contributed by atoms with van der Waals surface area (Å²) in [4.78, 5) is 10.8. The lowest BCUT2D eigenvalue weighted by Crippen LogP contribution is -2.41. The zero-order chi connectivity index (χ0) is 20.1. The molecule has 1 aromatic heterocycles. The highest BCUT2D eigenvalue weighted by Gasteiger charge is 2.20. The first-order valence-corrected chi connectivity index (χ1v) is 9.31. The van der Waals surface area contributed by atoms with Crippen molar-refractivity contribution < 1.29 is 14.2 Å². The summed E-state index contributed by atoms with van der Waals surface area (Å²) in [5, 5.41) is 8.63. The summed E-state index contributed by atoms with van der Waals surface area (Å²) in [6.07, 6.45) is 1.52. The van der Waals surface area contributed by atoms with Gasteiger partial charge in [0.1, 0.15) is 24.0 Å². The van der Waals surface area contributed by atoms with Crippen molar-refractivity contribution in [3.05, 3.63) is 41.9 Å². The molecule has 28 heavy (non-hydrogen) atoms. The topological polar surface area (TPSA) is 107 Å². The highest BCUT2D eigenvalue weighted by molar-refractivity contribution is 6.13. The summed E-state index contributed by atoms with van der Waals surface area (Å²) in [6, 6.07) is 7.12. The fourth-order valence-corrected chi connectivity index (χ4v) is 3.15. The Morgan fingerprint density at radius 1 is 1.39 bits per heavy atom. The molecule has 0 bridgehead atoms. The predicted octanol–water partition coefficient (Wildman–Crippen LogP) is 2.11. The number of methoxy groups -OCH3 is 1. The highest BCUT2D eigenvalue weighted by atomic mass is 16.5. The SMILES string of the molecule is COCC(C)Oc1ccc(N)c(C(=N)c2cc(N3CCOC(C)C3)ncn2)c1. The predicted molar refractivity (Wildman–Crippen MR) is 108 cm³/mol. The Morgan fingerprint density at radius 3 is 2.96 bits per heavy atom. The Kier molecular flexibility index (Phi) is 6.43. The monoisotopic (exact) mass is 385 g/mol. The van der Waals surface area contributed by atoms with Crippen LogP contribution in [0.5, 0.6) is 5.75 Å². The van der Waals surface area contributed by atoms with Gasteiger partial charge >= 0.3 is 0 Å². The molecule has 8 nitrogen and oxygen atoms in total. The Hall–Kier alpha value is -2.71. The average molecular weight is 385 g/mol. The normalized spacial score (nSPS) is 18.0. The molecule has 0 amide bonds. The van der Waals surface area contributed by atoms with Crippen LogP contribution in [0, 0.1) is 5.41 Å². The van der Waals surface area contributed by atoms with Crippen LogP contribution in [-0.2, 0) is 9.47 Å². The molecule has 3 N–H and O–H groups in total. The van der Waals surface area contributed by atoms with Crippen molar-refractivity contribution in [1.82, 2.24) is 9.97 Å². The van der Waals surface area contributed by atoms with E-state index in [-0.39, 0.29) is 17.9 Å². The molecule has 3 rings (SSSR count). The van der Waals surface area contributed by atoms with Gasteiger partial charge in [0.2, 0.25) is 0 Å². The van der Waals surface area contributed by atoms with E-state index in [1.165, 1.54) is 6.33 Å². The molecule has 1 aromatic carbocycles. The third-order valence-corrected chi connectivity index (χ3v) is 4.51. The Labute approximate surface area is 165 Å². The molecule has 2 heterocycles. The number of nitrogens with zero attached hydrogens (tertiary/aromatic N) is 3. The molecule has 0 radical (unpaired) electrons. The van der Waals surface area contributed by atoms with E-state index in [1.54, 1.807) is 25.3 Å². The van der Waals surface area contributed by atoms with Gasteiger partial charge in [-0.05, 0) is 32.0 Å². The second-order valence-corrected chi connectivity index (χ2v) is 6.90. The first kappa shape index (κ1) is 20.0. The van der Waals surface area contributed by atoms with Gasteiger partial charge in [0.15, 0.2) is 0 Å². The van der Waals surface area contributed by atoms with Gasteiger partial charge in [-0.2, -0.15) is 0 Å². The van der Waals surface area contributed by atoms with Crippen molar-refractivity contribution >= 4 is 17.2 Å². The van der Waals surface area contributed by atoms with Crippen molar-refractivity contribution in [2.45, 2.75) is 26.1 Å². The molecule has 8 heteroatoms. The number of rotatable bonds is 7. The summed E-state index contributed by atoms with van der Waals surface area (Å²) < 4.78 is 16.5. The van der Waals surface area contributed by atoms with E-state index in [0.717, 1.165) is 18.9 Å². The van der Waals surface area contributed by atoms with Gasteiger partial charge < -0.3 is 24.8 Å². The number of hydrogen-bond acceptors (Lipinski definition) is 8. The molecular weight excluding hydrogens is 358 g/mol. The third kappa shape index (κ3) is 4.76. The maximum absolute atomic E-state index is 8.63. The van der Waals surface area contributed by atoms with Gasteiger partial charge in [-0.1, -0.05) is 0 Å². The van der Waals surface area contributed by atoms with Crippen LogP contribution in [0.1, 0.15) is 25.1 Å². The number of aromatic nitrogens is 2. The molecule has 1 aliphatic rings. The number of nitrogens with two attached hydrogens (primary N) is 1. The van der Waals surface area contributed by atoms with E-state index in [0.29, 0.717) is 35.9 Å². The second-order valence-electron chi connectivity index (χ2n) is 6.90. The fraction of sp³-hybridized carbons (Fsp3) is 0.450. The molecule has 2 unspecified atom stereocenters. The summed E-state index contributed by atoms with van der Waals surface area (Å²) >= 11 is 0. The summed E-state index contributed by atoms with van der Waals surface area (Å²) in [5.74, 6) is 1.42. The van der Waals surface area contributed by atoms with Crippen LogP contribution < -0.4 is 15.4 Å². The van der Waals surface area contributed by atoms with Crippen LogP contribution >= 0.6 is 0 Å². The zero-order valence-corrected chi connectivity index (χ0v) is 16.5. The van der Waals surface area contributed by atoms with E-state index in [4.69, 9.17) is 25.4 Å². The van der Waals surface area contributed by atoms with Crippen LogP contribution in [0.25, 0.3) is 0 Å². The molecule has 1 aliphatic heterocycles. The van der Waals surface area contributed by atoms with E-state index >= 15 is 0 Å². The van der Waals surface area contributed by atoms with E-state index < -0.39 is 0 Å². The van der Waals surface area contributed by atoms with Gasteiger partial charge in [-0.3, -0.25) is 5.41 Å². The maximum Gasteiger partial charge on any atom is 0.132 e. The van der Waals surface area contributed by atoms with Crippen LogP contribution in [0.2, 0.25) is 0 Å². The molecule has 1 saturated heterocycles. The van der Waals surface area contributed by atoms with Gasteiger partial charge in [-0.15, -0.1) is 0 Å². The van der Waals surface area contributed by atoms with Crippen molar-refractivity contribution in [1.29, 1.82) is 5.41 Å². The molecule has 2 atom stereocenters. The minimum Gasteiger partial charge on any atom is -0.488 e. The summed E-state index contributed by atoms with van der Waals surface area (Å²) in [6.45, 7) is 6.61. The number of nitrogens with one attached hydrogen (secondary N) is 1. The van der Waals surface area contributed by atoms with Gasteiger partial charge in [0.25, 0.3) is 0 Å². The quantitative estimate of drug-likeness (QED) is 0.555. The van der Waals surface area contributed by atoms with Gasteiger partial charge in [-0.25, -0.2) is 9.97 Å². The molecule has 0 spiro atoms. The smallest absolute Gasteiger partial charge is 0.132 e. The van der Waals surface area contributed by atoms with Crippen molar-refractivity contribution in [3.63, 3.8) is 0 Å². The first-order chi connectivity index (χ1) is 13.5. The molecular formula is C20H27N5O3. The standard InChI is InChI=1S/C20H27N5O3/c1-13-10-25(6-7-27-13)19-9-18(23-12-24-19)20(22)16-8-15(4-5-17(16)21)28-14(2)11-26-3/h4-5,8-9,12-14,22H,6-7,10-11,21H2,1-3H3. The number of morpholine rings is 1. The number of ether oxygens (including phenoxy) is 3. The third-order valence-electron chi connectivity index (χ3n) is 4.51. The molecule has 0 aliphatic carbocycles.